The normalized spacial score (nSPS) is 11.2. The third-order valence-electron chi connectivity index (χ3n) is 2.65. The molecule has 0 amide bonds. The number of rotatable bonds is 4. The van der Waals surface area contributed by atoms with E-state index in [4.69, 9.17) is 27.4 Å². The highest BCUT2D eigenvalue weighted by Gasteiger charge is 2.18. The van der Waals surface area contributed by atoms with Crippen molar-refractivity contribution in [3.63, 3.8) is 0 Å². The molecule has 110 valence electrons. The first-order valence-corrected chi connectivity index (χ1v) is 7.96. The number of Topliss-reactive ketones (excluding diaryl/α,β-unsaturated/α-hetero) is 1. The molecule has 2 rings (SSSR count). The Bertz CT molecular complexity index is 783. The first kappa shape index (κ1) is 15.8. The van der Waals surface area contributed by atoms with Crippen LogP contribution in [0.2, 0.25) is 10.0 Å². The predicted octanol–water partition coefficient (Wildman–Crippen LogP) is 3.96. The summed E-state index contributed by atoms with van der Waals surface area (Å²) in [5.41, 5.74) is 0.467. The Hall–Kier alpha value is -1.56. The zero-order chi connectivity index (χ0) is 15.6. The van der Waals surface area contributed by atoms with E-state index in [0.29, 0.717) is 5.56 Å². The molecule has 4 nitrogen and oxygen atoms in total. The van der Waals surface area contributed by atoms with Crippen LogP contribution >= 0.6 is 23.2 Å². The summed E-state index contributed by atoms with van der Waals surface area (Å²) < 4.78 is 29.2. The topological polar surface area (TPSA) is 60.4 Å². The summed E-state index contributed by atoms with van der Waals surface area (Å²) in [5.74, 6) is -0.0139. The molecule has 0 aliphatic heterocycles. The van der Waals surface area contributed by atoms with Gasteiger partial charge in [-0.1, -0.05) is 23.2 Å². The van der Waals surface area contributed by atoms with Crippen molar-refractivity contribution in [3.8, 4) is 5.75 Å². The van der Waals surface area contributed by atoms with Crippen molar-refractivity contribution >= 4 is 39.1 Å². The minimum atomic E-state index is -4.01. The molecule has 7 heteroatoms. The molecule has 0 fully saturated rings. The number of ketones is 1. The van der Waals surface area contributed by atoms with Crippen LogP contribution in [0.3, 0.4) is 0 Å². The molecule has 2 aromatic carbocycles. The number of benzene rings is 2. The van der Waals surface area contributed by atoms with Crippen LogP contribution in [0, 0.1) is 0 Å². The molecule has 0 bridgehead atoms. The lowest BCUT2D eigenvalue weighted by atomic mass is 10.1. The molecule has 2 aromatic rings. The van der Waals surface area contributed by atoms with Gasteiger partial charge in [0.1, 0.15) is 10.6 Å². The number of halogens is 2. The van der Waals surface area contributed by atoms with E-state index >= 15 is 0 Å². The summed E-state index contributed by atoms with van der Waals surface area (Å²) in [4.78, 5) is 11.0. The van der Waals surface area contributed by atoms with E-state index in [1.807, 2.05) is 0 Å². The van der Waals surface area contributed by atoms with Crippen LogP contribution in [0.5, 0.6) is 5.75 Å². The SMILES string of the molecule is CC(=O)c1ccc(OS(=O)(=O)c2ccc(Cl)c(Cl)c2)cc1. The van der Waals surface area contributed by atoms with Gasteiger partial charge in [-0.2, -0.15) is 8.42 Å². The molecule has 0 radical (unpaired) electrons. The highest BCUT2D eigenvalue weighted by atomic mass is 35.5. The van der Waals surface area contributed by atoms with E-state index in [1.54, 1.807) is 0 Å². The first-order valence-electron chi connectivity index (χ1n) is 5.80. The third-order valence-corrected chi connectivity index (χ3v) is 4.63. The standard InChI is InChI=1S/C14H10Cl2O4S/c1-9(17)10-2-4-11(5-3-10)20-21(18,19)12-6-7-13(15)14(16)8-12/h2-8H,1H3. The molecule has 0 N–H and O–H groups in total. The Morgan fingerprint density at radius 3 is 2.14 bits per heavy atom. The van der Waals surface area contributed by atoms with E-state index in [9.17, 15) is 13.2 Å². The molecule has 0 aromatic heterocycles. The molecule has 0 atom stereocenters. The van der Waals surface area contributed by atoms with Crippen molar-refractivity contribution in [1.29, 1.82) is 0 Å². The van der Waals surface area contributed by atoms with Gasteiger partial charge in [-0.05, 0) is 49.4 Å². The van der Waals surface area contributed by atoms with Crippen LogP contribution in [0.25, 0.3) is 0 Å². The summed E-state index contributed by atoms with van der Waals surface area (Å²) in [6.07, 6.45) is 0. The second-order valence-corrected chi connectivity index (χ2v) is 6.55. The van der Waals surface area contributed by atoms with Crippen LogP contribution in [-0.4, -0.2) is 14.2 Å². The van der Waals surface area contributed by atoms with Crippen molar-refractivity contribution in [2.24, 2.45) is 0 Å². The summed E-state index contributed by atoms with van der Waals surface area (Å²) in [6, 6.07) is 9.68. The second kappa shape index (κ2) is 6.05. The van der Waals surface area contributed by atoms with Crippen LogP contribution in [-0.2, 0) is 10.1 Å². The van der Waals surface area contributed by atoms with E-state index in [1.165, 1.54) is 49.4 Å². The van der Waals surface area contributed by atoms with Gasteiger partial charge in [0.25, 0.3) is 0 Å². The minimum Gasteiger partial charge on any atom is -0.379 e. The van der Waals surface area contributed by atoms with Crippen molar-refractivity contribution in [2.45, 2.75) is 11.8 Å². The maximum absolute atomic E-state index is 12.1. The highest BCUT2D eigenvalue weighted by molar-refractivity contribution is 7.87. The van der Waals surface area contributed by atoms with Crippen molar-refractivity contribution in [2.75, 3.05) is 0 Å². The number of hydrogen-bond donors (Lipinski definition) is 0. The van der Waals surface area contributed by atoms with Crippen molar-refractivity contribution in [3.05, 3.63) is 58.1 Å². The van der Waals surface area contributed by atoms with E-state index in [2.05, 4.69) is 0 Å². The zero-order valence-corrected chi connectivity index (χ0v) is 13.2. The quantitative estimate of drug-likeness (QED) is 0.622. The Morgan fingerprint density at radius 2 is 1.62 bits per heavy atom. The van der Waals surface area contributed by atoms with Gasteiger partial charge in [0.2, 0.25) is 0 Å². The molecule has 0 aliphatic rings. The molecule has 0 heterocycles. The summed E-state index contributed by atoms with van der Waals surface area (Å²) in [5, 5.41) is 0.370. The Kier molecular flexibility index (Phi) is 4.56. The van der Waals surface area contributed by atoms with Gasteiger partial charge in [0.05, 0.1) is 10.0 Å². The maximum atomic E-state index is 12.1. The van der Waals surface area contributed by atoms with E-state index < -0.39 is 10.1 Å². The van der Waals surface area contributed by atoms with Gasteiger partial charge in [0.15, 0.2) is 5.78 Å². The van der Waals surface area contributed by atoms with Gasteiger partial charge in [-0.15, -0.1) is 0 Å². The average molecular weight is 345 g/mol. The molecule has 0 saturated heterocycles. The smallest absolute Gasteiger partial charge is 0.339 e. The molecule has 0 saturated carbocycles. The maximum Gasteiger partial charge on any atom is 0.339 e. The Morgan fingerprint density at radius 1 is 1.00 bits per heavy atom. The van der Waals surface area contributed by atoms with E-state index in [0.717, 1.165) is 0 Å². The van der Waals surface area contributed by atoms with Gasteiger partial charge >= 0.3 is 10.1 Å². The fraction of sp³-hybridized carbons (Fsp3) is 0.0714. The fourth-order valence-electron chi connectivity index (χ4n) is 1.55. The second-order valence-electron chi connectivity index (χ2n) is 4.19. The zero-order valence-electron chi connectivity index (χ0n) is 10.8. The van der Waals surface area contributed by atoms with Crippen LogP contribution in [0.1, 0.15) is 17.3 Å². The molecule has 0 spiro atoms. The largest absolute Gasteiger partial charge is 0.379 e. The highest BCUT2D eigenvalue weighted by Crippen LogP contribution is 2.26. The van der Waals surface area contributed by atoms with Crippen LogP contribution in [0.4, 0.5) is 0 Å². The van der Waals surface area contributed by atoms with Gasteiger partial charge in [-0.25, -0.2) is 0 Å². The van der Waals surface area contributed by atoms with Crippen LogP contribution < -0.4 is 4.18 Å². The summed E-state index contributed by atoms with van der Waals surface area (Å²) in [7, 11) is -4.01. The average Bonchev–Trinajstić information content (AvgIpc) is 2.42. The molecule has 0 unspecified atom stereocenters. The number of carbonyl (C=O) groups excluding carboxylic acids is 1. The van der Waals surface area contributed by atoms with Crippen molar-refractivity contribution < 1.29 is 17.4 Å². The lowest BCUT2D eigenvalue weighted by molar-refractivity contribution is 0.101. The lowest BCUT2D eigenvalue weighted by Gasteiger charge is -2.08. The fourth-order valence-corrected chi connectivity index (χ4v) is 2.87. The van der Waals surface area contributed by atoms with Gasteiger partial charge in [0, 0.05) is 5.56 Å². The van der Waals surface area contributed by atoms with Gasteiger partial charge in [-0.3, -0.25) is 4.79 Å². The van der Waals surface area contributed by atoms with E-state index in [-0.39, 0.29) is 26.5 Å². The molecule has 21 heavy (non-hydrogen) atoms. The predicted molar refractivity (Wildman–Crippen MR) is 80.7 cm³/mol. The van der Waals surface area contributed by atoms with Crippen LogP contribution in [0.15, 0.2) is 47.4 Å². The molecular formula is C14H10Cl2O4S. The lowest BCUT2D eigenvalue weighted by Crippen LogP contribution is -2.09. The number of carbonyl (C=O) groups is 1. The minimum absolute atomic E-state index is 0.103. The molecule has 0 aliphatic carbocycles. The molecular weight excluding hydrogens is 335 g/mol. The van der Waals surface area contributed by atoms with Gasteiger partial charge < -0.3 is 4.18 Å². The monoisotopic (exact) mass is 344 g/mol. The first-order chi connectivity index (χ1) is 9.79. The third kappa shape index (κ3) is 3.75. The summed E-state index contributed by atoms with van der Waals surface area (Å²) in [6.45, 7) is 1.42. The summed E-state index contributed by atoms with van der Waals surface area (Å²) >= 11 is 11.5. The Balaban J connectivity index is 2.28. The van der Waals surface area contributed by atoms with Crippen molar-refractivity contribution in [1.82, 2.24) is 0 Å². The Labute approximate surface area is 132 Å². The number of hydrogen-bond acceptors (Lipinski definition) is 4.